The molecule has 0 heterocycles. The molecular formula is C15H12BrFO. The Balaban J connectivity index is 2.35. The predicted octanol–water partition coefficient (Wildman–Crippen LogP) is 4.31. The van der Waals surface area contributed by atoms with E-state index in [-0.39, 0.29) is 11.7 Å². The monoisotopic (exact) mass is 306 g/mol. The van der Waals surface area contributed by atoms with Crippen LogP contribution in [0.5, 0.6) is 0 Å². The first kappa shape index (κ1) is 13.0. The first-order valence-corrected chi connectivity index (χ1v) is 6.44. The molecule has 0 N–H and O–H groups in total. The largest absolute Gasteiger partial charge is 0.303 e. The van der Waals surface area contributed by atoms with Crippen molar-refractivity contribution in [1.29, 1.82) is 0 Å². The fourth-order valence-electron chi connectivity index (χ4n) is 1.95. The van der Waals surface area contributed by atoms with E-state index in [4.69, 9.17) is 0 Å². The van der Waals surface area contributed by atoms with Gasteiger partial charge in [0, 0.05) is 16.8 Å². The van der Waals surface area contributed by atoms with E-state index >= 15 is 0 Å². The van der Waals surface area contributed by atoms with Crippen LogP contribution in [-0.2, 0) is 4.79 Å². The summed E-state index contributed by atoms with van der Waals surface area (Å²) in [5, 5.41) is 0. The summed E-state index contributed by atoms with van der Waals surface area (Å²) in [6.45, 7) is 0. The Kier molecular flexibility index (Phi) is 4.26. The lowest BCUT2D eigenvalue weighted by atomic mass is 9.89. The van der Waals surface area contributed by atoms with Crippen LogP contribution in [0, 0.1) is 5.82 Å². The maximum Gasteiger partial charge on any atom is 0.123 e. The zero-order valence-corrected chi connectivity index (χ0v) is 11.2. The first-order valence-electron chi connectivity index (χ1n) is 5.65. The molecule has 2 aromatic carbocycles. The zero-order chi connectivity index (χ0) is 13.0. The maximum atomic E-state index is 12.9. The summed E-state index contributed by atoms with van der Waals surface area (Å²) in [6.07, 6.45) is 1.29. The van der Waals surface area contributed by atoms with Crippen molar-refractivity contribution in [3.63, 3.8) is 0 Å². The van der Waals surface area contributed by atoms with Crippen LogP contribution in [0.1, 0.15) is 23.5 Å². The van der Waals surface area contributed by atoms with E-state index in [1.54, 1.807) is 12.1 Å². The van der Waals surface area contributed by atoms with Gasteiger partial charge in [-0.15, -0.1) is 0 Å². The van der Waals surface area contributed by atoms with Gasteiger partial charge in [-0.05, 0) is 35.4 Å². The third-order valence-corrected chi connectivity index (χ3v) is 3.41. The summed E-state index contributed by atoms with van der Waals surface area (Å²) in [7, 11) is 0. The lowest BCUT2D eigenvalue weighted by molar-refractivity contribution is -0.108. The number of hydrogen-bond donors (Lipinski definition) is 0. The third-order valence-electron chi connectivity index (χ3n) is 2.88. The van der Waals surface area contributed by atoms with Crippen LogP contribution in [0.4, 0.5) is 4.39 Å². The number of halogens is 2. The van der Waals surface area contributed by atoms with Gasteiger partial charge in [0.2, 0.25) is 0 Å². The summed E-state index contributed by atoms with van der Waals surface area (Å²) >= 11 is 3.38. The molecule has 3 heteroatoms. The second-order valence-electron chi connectivity index (χ2n) is 4.06. The second-order valence-corrected chi connectivity index (χ2v) is 4.97. The Morgan fingerprint density at radius 2 is 1.50 bits per heavy atom. The van der Waals surface area contributed by atoms with E-state index in [1.807, 2.05) is 24.3 Å². The van der Waals surface area contributed by atoms with Crippen molar-refractivity contribution in [1.82, 2.24) is 0 Å². The van der Waals surface area contributed by atoms with E-state index in [9.17, 15) is 9.18 Å². The molecule has 0 fully saturated rings. The Labute approximate surface area is 114 Å². The minimum Gasteiger partial charge on any atom is -0.303 e. The molecule has 0 amide bonds. The molecule has 0 saturated carbocycles. The average molecular weight is 307 g/mol. The van der Waals surface area contributed by atoms with Crippen molar-refractivity contribution >= 4 is 22.2 Å². The lowest BCUT2D eigenvalue weighted by Gasteiger charge is -2.15. The number of rotatable bonds is 4. The maximum absolute atomic E-state index is 12.9. The number of aldehydes is 1. The smallest absolute Gasteiger partial charge is 0.123 e. The molecule has 0 bridgehead atoms. The van der Waals surface area contributed by atoms with Crippen molar-refractivity contribution in [2.45, 2.75) is 12.3 Å². The van der Waals surface area contributed by atoms with Gasteiger partial charge in [-0.3, -0.25) is 0 Å². The van der Waals surface area contributed by atoms with Crippen LogP contribution in [-0.4, -0.2) is 6.29 Å². The minimum atomic E-state index is -0.264. The predicted molar refractivity (Wildman–Crippen MR) is 73.1 cm³/mol. The SMILES string of the molecule is O=CCC(c1ccc(F)cc1)c1ccc(Br)cc1. The highest BCUT2D eigenvalue weighted by Gasteiger charge is 2.13. The number of hydrogen-bond acceptors (Lipinski definition) is 1. The molecule has 1 atom stereocenters. The van der Waals surface area contributed by atoms with Crippen molar-refractivity contribution in [3.05, 3.63) is 69.9 Å². The molecule has 0 aliphatic rings. The van der Waals surface area contributed by atoms with Gasteiger partial charge in [-0.2, -0.15) is 0 Å². The Morgan fingerprint density at radius 3 is 2.00 bits per heavy atom. The number of carbonyl (C=O) groups excluding carboxylic acids is 1. The van der Waals surface area contributed by atoms with Gasteiger partial charge < -0.3 is 4.79 Å². The molecule has 0 aromatic heterocycles. The molecule has 0 saturated heterocycles. The number of benzene rings is 2. The Bertz CT molecular complexity index is 474. The Hall–Kier alpha value is -1.48. The summed E-state index contributed by atoms with van der Waals surface area (Å²) < 4.78 is 13.9. The highest BCUT2D eigenvalue weighted by molar-refractivity contribution is 9.10. The molecular weight excluding hydrogens is 295 g/mol. The van der Waals surface area contributed by atoms with E-state index in [0.29, 0.717) is 6.42 Å². The average Bonchev–Trinajstić information content (AvgIpc) is 2.39. The van der Waals surface area contributed by atoms with Crippen molar-refractivity contribution in [3.8, 4) is 0 Å². The van der Waals surface area contributed by atoms with Crippen LogP contribution in [0.3, 0.4) is 0 Å². The lowest BCUT2D eigenvalue weighted by Crippen LogP contribution is -2.02. The summed E-state index contributed by atoms with van der Waals surface area (Å²) in [6, 6.07) is 14.1. The number of carbonyl (C=O) groups is 1. The van der Waals surface area contributed by atoms with Crippen LogP contribution in [0.25, 0.3) is 0 Å². The Morgan fingerprint density at radius 1 is 1.00 bits per heavy atom. The molecule has 2 aromatic rings. The van der Waals surface area contributed by atoms with E-state index < -0.39 is 0 Å². The molecule has 0 aliphatic carbocycles. The standard InChI is InChI=1S/C15H12BrFO/c16-13-5-1-11(2-6-13)15(9-10-18)12-3-7-14(17)8-4-12/h1-8,10,15H,9H2. The third kappa shape index (κ3) is 3.05. The van der Waals surface area contributed by atoms with Crippen molar-refractivity contribution in [2.24, 2.45) is 0 Å². The van der Waals surface area contributed by atoms with Gasteiger partial charge in [0.25, 0.3) is 0 Å². The minimum absolute atomic E-state index is 0.0174. The fourth-order valence-corrected chi connectivity index (χ4v) is 2.22. The van der Waals surface area contributed by atoms with Crippen LogP contribution >= 0.6 is 15.9 Å². The van der Waals surface area contributed by atoms with Gasteiger partial charge in [0.1, 0.15) is 12.1 Å². The quantitative estimate of drug-likeness (QED) is 0.769. The van der Waals surface area contributed by atoms with Crippen molar-refractivity contribution in [2.75, 3.05) is 0 Å². The second kappa shape index (κ2) is 5.91. The van der Waals surface area contributed by atoms with Crippen LogP contribution in [0.2, 0.25) is 0 Å². The molecule has 18 heavy (non-hydrogen) atoms. The van der Waals surface area contributed by atoms with Crippen LogP contribution in [0.15, 0.2) is 53.0 Å². The summed E-state index contributed by atoms with van der Waals surface area (Å²) in [5.41, 5.74) is 2.00. The van der Waals surface area contributed by atoms with Gasteiger partial charge in [-0.25, -0.2) is 4.39 Å². The molecule has 1 unspecified atom stereocenters. The van der Waals surface area contributed by atoms with Gasteiger partial charge >= 0.3 is 0 Å². The molecule has 0 aliphatic heterocycles. The molecule has 2 rings (SSSR count). The zero-order valence-electron chi connectivity index (χ0n) is 9.64. The van der Waals surface area contributed by atoms with Crippen molar-refractivity contribution < 1.29 is 9.18 Å². The molecule has 0 spiro atoms. The van der Waals surface area contributed by atoms with E-state index in [2.05, 4.69) is 15.9 Å². The molecule has 92 valence electrons. The fraction of sp³-hybridized carbons (Fsp3) is 0.133. The normalized spacial score (nSPS) is 12.1. The van der Waals surface area contributed by atoms with Gasteiger partial charge in [0.15, 0.2) is 0 Å². The van der Waals surface area contributed by atoms with E-state index in [0.717, 1.165) is 21.9 Å². The topological polar surface area (TPSA) is 17.1 Å². The summed E-state index contributed by atoms with van der Waals surface area (Å²) in [5.74, 6) is -0.282. The molecule has 1 nitrogen and oxygen atoms in total. The van der Waals surface area contributed by atoms with Gasteiger partial charge in [-0.1, -0.05) is 40.2 Å². The highest BCUT2D eigenvalue weighted by Crippen LogP contribution is 2.28. The molecule has 0 radical (unpaired) electrons. The highest BCUT2D eigenvalue weighted by atomic mass is 79.9. The van der Waals surface area contributed by atoms with Gasteiger partial charge in [0.05, 0.1) is 0 Å². The summed E-state index contributed by atoms with van der Waals surface area (Å²) in [4.78, 5) is 10.8. The first-order chi connectivity index (χ1) is 8.70. The van der Waals surface area contributed by atoms with Crippen LogP contribution < -0.4 is 0 Å². The van der Waals surface area contributed by atoms with E-state index in [1.165, 1.54) is 12.1 Å².